The minimum atomic E-state index is -4.47. The number of ketones is 1. The van der Waals surface area contributed by atoms with E-state index in [0.29, 0.717) is 37.7 Å². The average Bonchev–Trinajstić information content (AvgIpc) is 3.06. The van der Waals surface area contributed by atoms with Gasteiger partial charge in [0.05, 0.1) is 5.56 Å². The Balaban J connectivity index is 1.89. The third-order valence-corrected chi connectivity index (χ3v) is 4.70. The van der Waals surface area contributed by atoms with Crippen molar-refractivity contribution in [2.24, 2.45) is 0 Å². The van der Waals surface area contributed by atoms with E-state index in [4.69, 9.17) is 9.84 Å². The number of aliphatic hydroxyl groups is 1. The molecule has 1 aromatic carbocycles. The van der Waals surface area contributed by atoms with Crippen molar-refractivity contribution in [3.63, 3.8) is 0 Å². The molecule has 1 aromatic rings. The minimum absolute atomic E-state index is 0.00580. The number of benzene rings is 1. The van der Waals surface area contributed by atoms with Crippen molar-refractivity contribution in [3.8, 4) is 5.75 Å². The highest BCUT2D eigenvalue weighted by Gasteiger charge is 2.30. The Kier molecular flexibility index (Phi) is 9.05. The molecule has 8 heteroatoms. The molecule has 5 nitrogen and oxygen atoms in total. The van der Waals surface area contributed by atoms with Crippen LogP contribution in [0.15, 0.2) is 59.7 Å². The van der Waals surface area contributed by atoms with Gasteiger partial charge >= 0.3 is 12.1 Å². The maximum atomic E-state index is 12.7. The molecule has 2 N–H and O–H groups in total. The summed E-state index contributed by atoms with van der Waals surface area (Å²) in [4.78, 5) is 22.6. The van der Waals surface area contributed by atoms with Gasteiger partial charge in [0.15, 0.2) is 5.78 Å². The molecular weight excluding hydrogens is 413 g/mol. The normalized spacial score (nSPS) is 15.9. The Morgan fingerprint density at radius 3 is 2.71 bits per heavy atom. The van der Waals surface area contributed by atoms with Crippen molar-refractivity contribution < 1.29 is 37.7 Å². The van der Waals surface area contributed by atoms with Crippen LogP contribution in [0.2, 0.25) is 0 Å². The first-order chi connectivity index (χ1) is 14.7. The van der Waals surface area contributed by atoms with Gasteiger partial charge in [-0.1, -0.05) is 30.4 Å². The number of aliphatic carboxylic acids is 1. The maximum absolute atomic E-state index is 12.7. The number of halogens is 3. The summed E-state index contributed by atoms with van der Waals surface area (Å²) in [5.41, 5.74) is 0.625. The Morgan fingerprint density at radius 1 is 1.23 bits per heavy atom. The number of Topliss-reactive ketones (excluding diaryl/α,β-unsaturated/α-hetero) is 1. The lowest BCUT2D eigenvalue weighted by molar-refractivity contribution is -0.138. The van der Waals surface area contributed by atoms with Gasteiger partial charge in [0.25, 0.3) is 0 Å². The molecule has 0 fully saturated rings. The lowest BCUT2D eigenvalue weighted by Gasteiger charge is -2.12. The van der Waals surface area contributed by atoms with E-state index in [1.165, 1.54) is 18.2 Å². The molecule has 0 unspecified atom stereocenters. The number of unbranched alkanes of at least 4 members (excludes halogenated alkanes) is 1. The van der Waals surface area contributed by atoms with E-state index in [0.717, 1.165) is 17.7 Å². The van der Waals surface area contributed by atoms with Gasteiger partial charge in [-0.25, -0.2) is 0 Å². The molecule has 1 aliphatic carbocycles. The van der Waals surface area contributed by atoms with Crippen LogP contribution in [0.4, 0.5) is 13.2 Å². The van der Waals surface area contributed by atoms with Crippen LogP contribution in [0, 0.1) is 0 Å². The number of alkyl halides is 3. The topological polar surface area (TPSA) is 83.8 Å². The fraction of sp³-hybridized carbons (Fsp3) is 0.391. The van der Waals surface area contributed by atoms with Crippen molar-refractivity contribution in [2.45, 2.75) is 50.8 Å². The molecule has 0 saturated carbocycles. The molecule has 0 amide bonds. The highest BCUT2D eigenvalue weighted by Crippen LogP contribution is 2.31. The molecule has 1 aliphatic rings. The van der Waals surface area contributed by atoms with Crippen LogP contribution >= 0.6 is 0 Å². The molecule has 2 rings (SSSR count). The molecule has 168 valence electrons. The third kappa shape index (κ3) is 8.41. The quantitative estimate of drug-likeness (QED) is 0.381. The van der Waals surface area contributed by atoms with Crippen LogP contribution in [0.1, 0.15) is 44.1 Å². The first kappa shape index (κ1) is 24.4. The number of hydrogen-bond donors (Lipinski definition) is 2. The number of carbonyl (C=O) groups excluding carboxylic acids is 1. The van der Waals surface area contributed by atoms with E-state index < -0.39 is 23.8 Å². The number of hydrogen-bond acceptors (Lipinski definition) is 4. The summed E-state index contributed by atoms with van der Waals surface area (Å²) < 4.78 is 43.4. The molecule has 0 aliphatic heterocycles. The molecule has 0 bridgehead atoms. The molecule has 0 heterocycles. The maximum Gasteiger partial charge on any atom is 0.416 e. The molecule has 0 radical (unpaired) electrons. The smallest absolute Gasteiger partial charge is 0.416 e. The first-order valence-electron chi connectivity index (χ1n) is 9.95. The zero-order valence-electron chi connectivity index (χ0n) is 16.9. The van der Waals surface area contributed by atoms with Crippen LogP contribution in [0.25, 0.3) is 0 Å². The minimum Gasteiger partial charge on any atom is -0.491 e. The second-order valence-corrected chi connectivity index (χ2v) is 7.15. The van der Waals surface area contributed by atoms with E-state index in [2.05, 4.69) is 0 Å². The van der Waals surface area contributed by atoms with Crippen LogP contribution in [0.3, 0.4) is 0 Å². The van der Waals surface area contributed by atoms with Crippen molar-refractivity contribution >= 4 is 11.8 Å². The zero-order chi connectivity index (χ0) is 22.9. The predicted molar refractivity (Wildman–Crippen MR) is 109 cm³/mol. The number of carbonyl (C=O) groups is 2. The Labute approximate surface area is 178 Å². The SMILES string of the molecule is O=C(O)CCCC=CCC1=C(/C=C/[C@@H](O)COc2cccc(C(F)(F)F)c2)CCC1=O. The second kappa shape index (κ2) is 11.5. The molecule has 31 heavy (non-hydrogen) atoms. The largest absolute Gasteiger partial charge is 0.491 e. The molecule has 0 saturated heterocycles. The van der Waals surface area contributed by atoms with E-state index in [-0.39, 0.29) is 24.6 Å². The van der Waals surface area contributed by atoms with Gasteiger partial charge in [-0.15, -0.1) is 0 Å². The summed E-state index contributed by atoms with van der Waals surface area (Å²) >= 11 is 0. The highest BCUT2D eigenvalue weighted by atomic mass is 19.4. The number of ether oxygens (including phenoxy) is 1. The second-order valence-electron chi connectivity index (χ2n) is 7.15. The molecule has 0 aromatic heterocycles. The van der Waals surface area contributed by atoms with Gasteiger partial charge in [0, 0.05) is 18.4 Å². The predicted octanol–water partition coefficient (Wildman–Crippen LogP) is 4.86. The number of carboxylic acid groups (broad SMARTS) is 1. The zero-order valence-corrected chi connectivity index (χ0v) is 16.9. The van der Waals surface area contributed by atoms with E-state index >= 15 is 0 Å². The summed E-state index contributed by atoms with van der Waals surface area (Å²) in [6.45, 7) is -0.224. The van der Waals surface area contributed by atoms with Crippen LogP contribution in [-0.2, 0) is 15.8 Å². The fourth-order valence-electron chi connectivity index (χ4n) is 3.07. The lowest BCUT2D eigenvalue weighted by Crippen LogP contribution is -2.15. The van der Waals surface area contributed by atoms with Crippen LogP contribution in [0.5, 0.6) is 5.75 Å². The van der Waals surface area contributed by atoms with Gasteiger partial charge in [0.1, 0.15) is 18.5 Å². The number of carboxylic acids is 1. The standard InChI is InChI=1S/C23H25F3O5/c24-23(25,26)17-6-5-7-19(14-17)31-15-18(27)12-10-16-11-13-21(28)20(16)8-3-1-2-4-9-22(29)30/h1,3,5-7,10,12,14,18,27H,2,4,8-9,11,13,15H2,(H,29,30)/b3-1?,12-10+/t18-/m1/s1. The van der Waals surface area contributed by atoms with Crippen LogP contribution in [-0.4, -0.2) is 34.7 Å². The summed E-state index contributed by atoms with van der Waals surface area (Å²) in [6.07, 6.45) is 3.89. The summed E-state index contributed by atoms with van der Waals surface area (Å²) in [6, 6.07) is 4.42. The third-order valence-electron chi connectivity index (χ3n) is 4.70. The lowest BCUT2D eigenvalue weighted by atomic mass is 10.1. The van der Waals surface area contributed by atoms with Crippen molar-refractivity contribution in [1.29, 1.82) is 0 Å². The van der Waals surface area contributed by atoms with Gasteiger partial charge < -0.3 is 14.9 Å². The van der Waals surface area contributed by atoms with E-state index in [1.807, 2.05) is 12.2 Å². The number of allylic oxidation sites excluding steroid dienone is 5. The van der Waals surface area contributed by atoms with Gasteiger partial charge in [0.2, 0.25) is 0 Å². The van der Waals surface area contributed by atoms with Crippen molar-refractivity contribution in [3.05, 3.63) is 65.3 Å². The molecule has 1 atom stereocenters. The van der Waals surface area contributed by atoms with Crippen molar-refractivity contribution in [2.75, 3.05) is 6.61 Å². The summed E-state index contributed by atoms with van der Waals surface area (Å²) in [5, 5.41) is 18.7. The van der Waals surface area contributed by atoms with Crippen molar-refractivity contribution in [1.82, 2.24) is 0 Å². The van der Waals surface area contributed by atoms with Crippen LogP contribution < -0.4 is 4.74 Å². The highest BCUT2D eigenvalue weighted by molar-refractivity contribution is 5.99. The number of rotatable bonds is 11. The summed E-state index contributed by atoms with van der Waals surface area (Å²) in [5.74, 6) is -0.805. The Morgan fingerprint density at radius 2 is 2.00 bits per heavy atom. The van der Waals surface area contributed by atoms with Gasteiger partial charge in [-0.05, 0) is 49.5 Å². The molecular formula is C23H25F3O5. The monoisotopic (exact) mass is 438 g/mol. The summed E-state index contributed by atoms with van der Waals surface area (Å²) in [7, 11) is 0. The Hall–Kier alpha value is -2.87. The Bertz CT molecular complexity index is 868. The van der Waals surface area contributed by atoms with E-state index in [9.17, 15) is 27.9 Å². The number of aliphatic hydroxyl groups excluding tert-OH is 1. The first-order valence-corrected chi connectivity index (χ1v) is 9.95. The van der Waals surface area contributed by atoms with Gasteiger partial charge in [-0.2, -0.15) is 13.2 Å². The van der Waals surface area contributed by atoms with Gasteiger partial charge in [-0.3, -0.25) is 9.59 Å². The van der Waals surface area contributed by atoms with E-state index in [1.54, 1.807) is 6.08 Å². The average molecular weight is 438 g/mol. The molecule has 0 spiro atoms. The fourth-order valence-corrected chi connectivity index (χ4v) is 3.07.